The second-order valence-electron chi connectivity index (χ2n) is 8.07. The number of hydrogen-bond donors (Lipinski definition) is 1. The summed E-state index contributed by atoms with van der Waals surface area (Å²) in [4.78, 5) is 6.43. The van der Waals surface area contributed by atoms with Gasteiger partial charge in [-0.15, -0.1) is 10.2 Å². The van der Waals surface area contributed by atoms with Crippen LogP contribution < -0.4 is 10.2 Å². The number of piperidine rings is 1. The molecule has 5 nitrogen and oxygen atoms in total. The number of hydrogen-bond acceptors (Lipinski definition) is 5. The minimum Gasteiger partial charge on any atom is -0.355 e. The number of benzene rings is 1. The van der Waals surface area contributed by atoms with Crippen LogP contribution in [0.4, 0.5) is 10.2 Å². The second-order valence-corrected chi connectivity index (χ2v) is 8.07. The largest absolute Gasteiger partial charge is 0.355 e. The highest BCUT2D eigenvalue weighted by Crippen LogP contribution is 2.29. The quantitative estimate of drug-likeness (QED) is 0.683. The topological polar surface area (TPSA) is 53.9 Å². The third-order valence-electron chi connectivity index (χ3n) is 6.13. The lowest BCUT2D eigenvalue weighted by Crippen LogP contribution is -2.43. The maximum atomic E-state index is 13.3. The van der Waals surface area contributed by atoms with Crippen LogP contribution in [0.2, 0.25) is 0 Å². The Balaban J connectivity index is 1.39. The van der Waals surface area contributed by atoms with E-state index in [0.29, 0.717) is 6.04 Å². The van der Waals surface area contributed by atoms with Gasteiger partial charge >= 0.3 is 0 Å². The van der Waals surface area contributed by atoms with Crippen molar-refractivity contribution in [3.63, 3.8) is 0 Å². The van der Waals surface area contributed by atoms with Gasteiger partial charge in [-0.2, -0.15) is 0 Å². The molecule has 0 saturated carbocycles. The minimum absolute atomic E-state index is 0.175. The van der Waals surface area contributed by atoms with E-state index in [1.165, 1.54) is 17.2 Å². The number of nitrogens with one attached hydrogen (secondary N) is 1. The highest BCUT2D eigenvalue weighted by atomic mass is 19.1. The van der Waals surface area contributed by atoms with E-state index in [4.69, 9.17) is 0 Å². The molecule has 1 fully saturated rings. The highest BCUT2D eigenvalue weighted by molar-refractivity contribution is 5.66. The maximum Gasteiger partial charge on any atom is 0.154 e. The lowest BCUT2D eigenvalue weighted by Gasteiger charge is -2.34. The fourth-order valence-electron chi connectivity index (χ4n) is 4.08. The summed E-state index contributed by atoms with van der Waals surface area (Å²) < 4.78 is 13.3. The average molecular weight is 406 g/mol. The van der Waals surface area contributed by atoms with Crippen LogP contribution in [-0.4, -0.2) is 34.3 Å². The van der Waals surface area contributed by atoms with Crippen molar-refractivity contribution in [2.45, 2.75) is 46.2 Å². The van der Waals surface area contributed by atoms with Crippen LogP contribution in [0.25, 0.3) is 11.3 Å². The molecule has 0 bridgehead atoms. The number of aryl methyl sites for hydroxylation is 1. The Labute approximate surface area is 177 Å². The van der Waals surface area contributed by atoms with Gasteiger partial charge in [-0.3, -0.25) is 4.98 Å². The van der Waals surface area contributed by atoms with Gasteiger partial charge in [0.05, 0.1) is 5.69 Å². The molecule has 156 valence electrons. The Kier molecular flexibility index (Phi) is 6.04. The molecule has 0 radical (unpaired) electrons. The van der Waals surface area contributed by atoms with Crippen LogP contribution >= 0.6 is 0 Å². The molecule has 1 aliphatic rings. The van der Waals surface area contributed by atoms with Gasteiger partial charge < -0.3 is 10.2 Å². The molecule has 3 heterocycles. The molecular weight excluding hydrogens is 377 g/mol. The average Bonchev–Trinajstić information content (AvgIpc) is 2.76. The molecule has 0 spiro atoms. The number of aromatic nitrogens is 3. The van der Waals surface area contributed by atoms with E-state index in [1.807, 2.05) is 25.1 Å². The molecule has 6 heteroatoms. The Morgan fingerprint density at radius 1 is 1.00 bits per heavy atom. The summed E-state index contributed by atoms with van der Waals surface area (Å²) in [6.45, 7) is 8.87. The molecule has 0 amide bonds. The summed E-state index contributed by atoms with van der Waals surface area (Å²) >= 11 is 0. The standard InChI is InChI=1S/C24H28FN5/c1-16-14-21(25)5-4-20(16)15-27-22-8-12-30(13-9-22)24-18(3)17(2)23(28-29-24)19-6-10-26-11-7-19/h4-7,10-11,14,22,27H,8-9,12-13,15H2,1-3H3. The van der Waals surface area contributed by atoms with Gasteiger partial charge in [0, 0.05) is 43.6 Å². The highest BCUT2D eigenvalue weighted by Gasteiger charge is 2.23. The Bertz CT molecular complexity index is 1010. The van der Waals surface area contributed by atoms with E-state index < -0.39 is 0 Å². The van der Waals surface area contributed by atoms with Crippen LogP contribution in [0.3, 0.4) is 0 Å². The van der Waals surface area contributed by atoms with Gasteiger partial charge in [0.1, 0.15) is 5.82 Å². The van der Waals surface area contributed by atoms with Crippen LogP contribution in [0.5, 0.6) is 0 Å². The summed E-state index contributed by atoms with van der Waals surface area (Å²) in [5.74, 6) is 0.810. The molecule has 0 unspecified atom stereocenters. The first kappa shape index (κ1) is 20.4. The van der Waals surface area contributed by atoms with Crippen molar-refractivity contribution in [2.24, 2.45) is 0 Å². The molecule has 1 saturated heterocycles. The van der Waals surface area contributed by atoms with Crippen molar-refractivity contribution in [3.05, 3.63) is 70.8 Å². The predicted octanol–water partition coefficient (Wildman–Crippen LogP) is 4.36. The molecule has 0 aliphatic carbocycles. The van der Waals surface area contributed by atoms with Gasteiger partial charge in [-0.25, -0.2) is 4.39 Å². The van der Waals surface area contributed by atoms with E-state index in [-0.39, 0.29) is 5.82 Å². The summed E-state index contributed by atoms with van der Waals surface area (Å²) in [5.41, 5.74) is 6.47. The first-order chi connectivity index (χ1) is 14.5. The summed E-state index contributed by atoms with van der Waals surface area (Å²) in [7, 11) is 0. The zero-order chi connectivity index (χ0) is 21.1. The van der Waals surface area contributed by atoms with Gasteiger partial charge in [0.25, 0.3) is 0 Å². The van der Waals surface area contributed by atoms with Crippen molar-refractivity contribution < 1.29 is 4.39 Å². The zero-order valence-corrected chi connectivity index (χ0v) is 17.8. The van der Waals surface area contributed by atoms with E-state index in [0.717, 1.165) is 60.7 Å². The van der Waals surface area contributed by atoms with Crippen molar-refractivity contribution in [1.29, 1.82) is 0 Å². The Morgan fingerprint density at radius 3 is 2.43 bits per heavy atom. The molecular formula is C24H28FN5. The Hall–Kier alpha value is -2.86. The van der Waals surface area contributed by atoms with Gasteiger partial charge in [0.15, 0.2) is 5.82 Å². The predicted molar refractivity (Wildman–Crippen MR) is 118 cm³/mol. The SMILES string of the molecule is Cc1cc(F)ccc1CNC1CCN(c2nnc(-c3ccncc3)c(C)c2C)CC1. The molecule has 1 aliphatic heterocycles. The fourth-order valence-corrected chi connectivity index (χ4v) is 4.08. The first-order valence-corrected chi connectivity index (χ1v) is 10.5. The molecule has 2 aromatic heterocycles. The normalized spacial score (nSPS) is 14.9. The number of nitrogens with zero attached hydrogens (tertiary/aromatic N) is 4. The molecule has 1 aromatic carbocycles. The van der Waals surface area contributed by atoms with Gasteiger partial charge in [0.2, 0.25) is 0 Å². The lowest BCUT2D eigenvalue weighted by molar-refractivity contribution is 0.411. The van der Waals surface area contributed by atoms with Crippen LogP contribution in [-0.2, 0) is 6.54 Å². The van der Waals surface area contributed by atoms with Crippen LogP contribution in [0, 0.1) is 26.6 Å². The fraction of sp³-hybridized carbons (Fsp3) is 0.375. The van der Waals surface area contributed by atoms with E-state index in [9.17, 15) is 4.39 Å². The number of pyridine rings is 1. The molecule has 4 rings (SSSR count). The number of rotatable bonds is 5. The van der Waals surface area contributed by atoms with Crippen LogP contribution in [0.1, 0.15) is 35.1 Å². The maximum absolute atomic E-state index is 13.3. The van der Waals surface area contributed by atoms with Gasteiger partial charge in [-0.05, 0) is 80.1 Å². The van der Waals surface area contributed by atoms with Gasteiger partial charge in [-0.1, -0.05) is 6.07 Å². The number of anilines is 1. The van der Waals surface area contributed by atoms with Crippen LogP contribution in [0.15, 0.2) is 42.7 Å². The molecule has 1 N–H and O–H groups in total. The third kappa shape index (κ3) is 4.33. The summed E-state index contributed by atoms with van der Waals surface area (Å²) in [6, 6.07) is 9.40. The minimum atomic E-state index is -0.175. The Morgan fingerprint density at radius 2 is 1.73 bits per heavy atom. The second kappa shape index (κ2) is 8.88. The summed E-state index contributed by atoms with van der Waals surface area (Å²) in [5, 5.41) is 12.7. The van der Waals surface area contributed by atoms with Crippen molar-refractivity contribution in [1.82, 2.24) is 20.5 Å². The van der Waals surface area contributed by atoms with Crippen molar-refractivity contribution in [3.8, 4) is 11.3 Å². The summed E-state index contributed by atoms with van der Waals surface area (Å²) in [6.07, 6.45) is 5.66. The molecule has 0 atom stereocenters. The van der Waals surface area contributed by atoms with E-state index in [1.54, 1.807) is 18.5 Å². The first-order valence-electron chi connectivity index (χ1n) is 10.5. The van der Waals surface area contributed by atoms with Crippen molar-refractivity contribution in [2.75, 3.05) is 18.0 Å². The van der Waals surface area contributed by atoms with E-state index in [2.05, 4.69) is 39.2 Å². The third-order valence-corrected chi connectivity index (χ3v) is 6.13. The molecule has 3 aromatic rings. The lowest BCUT2D eigenvalue weighted by atomic mass is 10.0. The van der Waals surface area contributed by atoms with E-state index >= 15 is 0 Å². The number of halogens is 1. The smallest absolute Gasteiger partial charge is 0.154 e. The molecule has 30 heavy (non-hydrogen) atoms. The monoisotopic (exact) mass is 405 g/mol. The zero-order valence-electron chi connectivity index (χ0n) is 17.8. The van der Waals surface area contributed by atoms with Crippen molar-refractivity contribution >= 4 is 5.82 Å².